The predicted molar refractivity (Wildman–Crippen MR) is 69.5 cm³/mol. The molecule has 0 unspecified atom stereocenters. The Morgan fingerprint density at radius 2 is 1.95 bits per heavy atom. The maximum atomic E-state index is 11.5. The van der Waals surface area contributed by atoms with Crippen molar-refractivity contribution < 1.29 is 23.8 Å². The Hall–Kier alpha value is -2.04. The van der Waals surface area contributed by atoms with E-state index in [0.29, 0.717) is 11.5 Å². The highest BCUT2D eigenvalue weighted by atomic mass is 16.5. The summed E-state index contributed by atoms with van der Waals surface area (Å²) in [5.74, 6) is 0.169. The third kappa shape index (κ3) is 4.99. The zero-order valence-electron chi connectivity index (χ0n) is 11.4. The van der Waals surface area contributed by atoms with Crippen molar-refractivity contribution in [3.63, 3.8) is 0 Å². The number of carbonyl (C=O) groups excluding carboxylic acids is 2. The van der Waals surface area contributed by atoms with Crippen molar-refractivity contribution in [3.05, 3.63) is 23.8 Å². The number of ether oxygens (including phenoxy) is 3. The lowest BCUT2D eigenvalue weighted by atomic mass is 10.2. The molecular formula is C14H18O5. The quantitative estimate of drug-likeness (QED) is 0.557. The SMILES string of the molecule is CCOC(=O)CC(=O)COc1ccc(C)cc1OC. The van der Waals surface area contributed by atoms with E-state index in [1.54, 1.807) is 13.0 Å². The molecule has 0 aliphatic heterocycles. The minimum Gasteiger partial charge on any atom is -0.493 e. The minimum absolute atomic E-state index is 0.182. The molecule has 5 heteroatoms. The van der Waals surface area contributed by atoms with Crippen molar-refractivity contribution in [3.8, 4) is 11.5 Å². The first kappa shape index (κ1) is 15.0. The van der Waals surface area contributed by atoms with Gasteiger partial charge in [-0.2, -0.15) is 0 Å². The summed E-state index contributed by atoms with van der Waals surface area (Å²) in [6, 6.07) is 5.39. The highest BCUT2D eigenvalue weighted by molar-refractivity contribution is 5.96. The second kappa shape index (κ2) is 7.41. The van der Waals surface area contributed by atoms with Gasteiger partial charge in [-0.05, 0) is 31.5 Å². The van der Waals surface area contributed by atoms with Gasteiger partial charge in [0.15, 0.2) is 17.3 Å². The van der Waals surface area contributed by atoms with Crippen molar-refractivity contribution >= 4 is 11.8 Å². The number of hydrogen-bond donors (Lipinski definition) is 0. The molecule has 0 aliphatic rings. The zero-order chi connectivity index (χ0) is 14.3. The van der Waals surface area contributed by atoms with E-state index in [0.717, 1.165) is 5.56 Å². The lowest BCUT2D eigenvalue weighted by molar-refractivity contribution is -0.145. The van der Waals surface area contributed by atoms with Crippen molar-refractivity contribution in [2.24, 2.45) is 0 Å². The van der Waals surface area contributed by atoms with Crippen molar-refractivity contribution in [1.29, 1.82) is 0 Å². The molecular weight excluding hydrogens is 248 g/mol. The first-order valence-corrected chi connectivity index (χ1v) is 6.01. The normalized spacial score (nSPS) is 9.84. The van der Waals surface area contributed by atoms with E-state index in [4.69, 9.17) is 9.47 Å². The summed E-state index contributed by atoms with van der Waals surface area (Å²) in [5.41, 5.74) is 1.03. The maximum absolute atomic E-state index is 11.5. The van der Waals surface area contributed by atoms with Crippen LogP contribution in [0.25, 0.3) is 0 Å². The molecule has 0 spiro atoms. The van der Waals surface area contributed by atoms with Crippen LogP contribution in [0, 0.1) is 6.92 Å². The van der Waals surface area contributed by atoms with Crippen LogP contribution in [0.1, 0.15) is 18.9 Å². The molecule has 0 atom stereocenters. The van der Waals surface area contributed by atoms with E-state index in [2.05, 4.69) is 4.74 Å². The number of Topliss-reactive ketones (excluding diaryl/α,β-unsaturated/α-hetero) is 1. The molecule has 0 heterocycles. The van der Waals surface area contributed by atoms with Crippen molar-refractivity contribution in [2.45, 2.75) is 20.3 Å². The van der Waals surface area contributed by atoms with Gasteiger partial charge in [0.25, 0.3) is 0 Å². The third-order valence-corrected chi connectivity index (χ3v) is 2.35. The minimum atomic E-state index is -0.535. The topological polar surface area (TPSA) is 61.8 Å². The Kier molecular flexibility index (Phi) is 5.85. The fraction of sp³-hybridized carbons (Fsp3) is 0.429. The highest BCUT2D eigenvalue weighted by Crippen LogP contribution is 2.27. The van der Waals surface area contributed by atoms with Gasteiger partial charge >= 0.3 is 5.97 Å². The first-order chi connectivity index (χ1) is 9.06. The number of carbonyl (C=O) groups is 2. The van der Waals surface area contributed by atoms with E-state index in [9.17, 15) is 9.59 Å². The van der Waals surface area contributed by atoms with Gasteiger partial charge < -0.3 is 14.2 Å². The van der Waals surface area contributed by atoms with Gasteiger partial charge in [-0.3, -0.25) is 9.59 Å². The van der Waals surface area contributed by atoms with Crippen LogP contribution >= 0.6 is 0 Å². The van der Waals surface area contributed by atoms with Gasteiger partial charge in [0, 0.05) is 0 Å². The number of rotatable bonds is 7. The van der Waals surface area contributed by atoms with Crippen LogP contribution in [0.5, 0.6) is 11.5 Å². The molecule has 0 saturated carbocycles. The molecule has 0 fully saturated rings. The van der Waals surface area contributed by atoms with Crippen molar-refractivity contribution in [1.82, 2.24) is 0 Å². The van der Waals surface area contributed by atoms with Crippen LogP contribution < -0.4 is 9.47 Å². The average molecular weight is 266 g/mol. The molecule has 0 N–H and O–H groups in total. The molecule has 1 rings (SSSR count). The lowest BCUT2D eigenvalue weighted by Gasteiger charge is -2.10. The summed E-state index contributed by atoms with van der Waals surface area (Å²) in [6.45, 7) is 3.70. The highest BCUT2D eigenvalue weighted by Gasteiger charge is 2.12. The molecule has 1 aromatic carbocycles. The Morgan fingerprint density at radius 1 is 1.21 bits per heavy atom. The number of esters is 1. The Balaban J connectivity index is 2.52. The summed E-state index contributed by atoms with van der Waals surface area (Å²) in [6.07, 6.45) is -0.276. The number of benzene rings is 1. The maximum Gasteiger partial charge on any atom is 0.313 e. The fourth-order valence-electron chi connectivity index (χ4n) is 1.48. The van der Waals surface area contributed by atoms with Gasteiger partial charge in [0.05, 0.1) is 13.7 Å². The fourth-order valence-corrected chi connectivity index (χ4v) is 1.48. The van der Waals surface area contributed by atoms with Crippen LogP contribution in [-0.2, 0) is 14.3 Å². The van der Waals surface area contributed by atoms with Crippen LogP contribution in [0.2, 0.25) is 0 Å². The molecule has 5 nitrogen and oxygen atoms in total. The number of methoxy groups -OCH3 is 1. The van der Waals surface area contributed by atoms with Gasteiger partial charge in [-0.1, -0.05) is 6.07 Å². The zero-order valence-corrected chi connectivity index (χ0v) is 11.4. The van der Waals surface area contributed by atoms with E-state index in [1.807, 2.05) is 19.1 Å². The van der Waals surface area contributed by atoms with E-state index < -0.39 is 5.97 Å². The molecule has 0 bridgehead atoms. The van der Waals surface area contributed by atoms with Gasteiger partial charge in [-0.25, -0.2) is 0 Å². The average Bonchev–Trinajstić information content (AvgIpc) is 2.37. The molecule has 0 aromatic heterocycles. The lowest BCUT2D eigenvalue weighted by Crippen LogP contribution is -2.17. The summed E-state index contributed by atoms with van der Waals surface area (Å²) >= 11 is 0. The Bertz CT molecular complexity index is 453. The molecule has 0 amide bonds. The van der Waals surface area contributed by atoms with E-state index in [-0.39, 0.29) is 25.4 Å². The molecule has 0 aliphatic carbocycles. The second-order valence-electron chi connectivity index (χ2n) is 3.96. The molecule has 104 valence electrons. The first-order valence-electron chi connectivity index (χ1n) is 6.01. The van der Waals surface area contributed by atoms with Crippen LogP contribution in [-0.4, -0.2) is 32.1 Å². The summed E-state index contributed by atoms with van der Waals surface area (Å²) in [5, 5.41) is 0. The van der Waals surface area contributed by atoms with Gasteiger partial charge in [0.2, 0.25) is 0 Å². The monoisotopic (exact) mass is 266 g/mol. The van der Waals surface area contributed by atoms with E-state index >= 15 is 0 Å². The molecule has 0 saturated heterocycles. The Labute approximate surface area is 112 Å². The standard InChI is InChI=1S/C14H18O5/c1-4-18-14(16)8-11(15)9-19-12-6-5-10(2)7-13(12)17-3/h5-7H,4,8-9H2,1-3H3. The van der Waals surface area contributed by atoms with Crippen LogP contribution in [0.4, 0.5) is 0 Å². The van der Waals surface area contributed by atoms with Crippen LogP contribution in [0.15, 0.2) is 18.2 Å². The molecule has 1 aromatic rings. The predicted octanol–water partition coefficient (Wildman–Crippen LogP) is 1.90. The van der Waals surface area contributed by atoms with Gasteiger partial charge in [0.1, 0.15) is 13.0 Å². The molecule has 0 radical (unpaired) electrons. The second-order valence-corrected chi connectivity index (χ2v) is 3.96. The van der Waals surface area contributed by atoms with E-state index in [1.165, 1.54) is 7.11 Å². The number of ketones is 1. The number of hydrogen-bond acceptors (Lipinski definition) is 5. The largest absolute Gasteiger partial charge is 0.493 e. The van der Waals surface area contributed by atoms with Gasteiger partial charge in [-0.15, -0.1) is 0 Å². The summed E-state index contributed by atoms with van der Waals surface area (Å²) in [7, 11) is 1.53. The smallest absolute Gasteiger partial charge is 0.313 e. The Morgan fingerprint density at radius 3 is 2.58 bits per heavy atom. The van der Waals surface area contributed by atoms with Crippen LogP contribution in [0.3, 0.4) is 0 Å². The third-order valence-electron chi connectivity index (χ3n) is 2.35. The molecule has 19 heavy (non-hydrogen) atoms. The summed E-state index contributed by atoms with van der Waals surface area (Å²) < 4.78 is 15.2. The van der Waals surface area contributed by atoms with Crippen molar-refractivity contribution in [2.75, 3.05) is 20.3 Å². The summed E-state index contributed by atoms with van der Waals surface area (Å²) in [4.78, 5) is 22.6. The number of aryl methyl sites for hydroxylation is 1.